The number of hydrazine groups is 1. The van der Waals surface area contributed by atoms with E-state index >= 15 is 0 Å². The third-order valence-corrected chi connectivity index (χ3v) is 3.89. The highest BCUT2D eigenvalue weighted by Gasteiger charge is 2.21. The molecule has 1 aromatic rings. The van der Waals surface area contributed by atoms with Crippen molar-refractivity contribution in [3.05, 3.63) is 0 Å². The predicted molar refractivity (Wildman–Crippen MR) is 83.1 cm³/mol. The van der Waals surface area contributed by atoms with Gasteiger partial charge in [-0.1, -0.05) is 26.2 Å². The van der Waals surface area contributed by atoms with Crippen LogP contribution in [-0.4, -0.2) is 27.6 Å². The maximum atomic E-state index is 5.47. The fraction of sp³-hybridized carbons (Fsp3) is 0.786. The lowest BCUT2D eigenvalue weighted by atomic mass is 9.85. The summed E-state index contributed by atoms with van der Waals surface area (Å²) in [6.07, 6.45) is 7.41. The molecule has 1 aliphatic rings. The number of ether oxygens (including phenoxy) is 1. The molecular formula is C14H26N6O. The van der Waals surface area contributed by atoms with Crippen LogP contribution in [0.25, 0.3) is 0 Å². The largest absolute Gasteiger partial charge is 0.463 e. The van der Waals surface area contributed by atoms with Gasteiger partial charge in [0.25, 0.3) is 0 Å². The Kier molecular flexibility index (Phi) is 5.98. The molecule has 21 heavy (non-hydrogen) atoms. The van der Waals surface area contributed by atoms with Crippen molar-refractivity contribution in [2.45, 2.75) is 58.4 Å². The zero-order valence-corrected chi connectivity index (χ0v) is 12.9. The van der Waals surface area contributed by atoms with Crippen molar-refractivity contribution in [1.82, 2.24) is 15.0 Å². The van der Waals surface area contributed by atoms with Gasteiger partial charge in [-0.3, -0.25) is 5.43 Å². The van der Waals surface area contributed by atoms with Gasteiger partial charge in [0, 0.05) is 6.04 Å². The highest BCUT2D eigenvalue weighted by molar-refractivity contribution is 5.35. The minimum atomic E-state index is 0.304. The summed E-state index contributed by atoms with van der Waals surface area (Å²) in [4.78, 5) is 12.6. The van der Waals surface area contributed by atoms with Crippen molar-refractivity contribution in [1.29, 1.82) is 0 Å². The molecule has 0 saturated heterocycles. The maximum Gasteiger partial charge on any atom is 0.323 e. The van der Waals surface area contributed by atoms with Crippen LogP contribution >= 0.6 is 0 Å². The Morgan fingerprint density at radius 2 is 1.90 bits per heavy atom. The summed E-state index contributed by atoms with van der Waals surface area (Å²) in [5.41, 5.74) is 2.45. The molecule has 0 amide bonds. The van der Waals surface area contributed by atoms with Crippen LogP contribution in [0.2, 0.25) is 0 Å². The molecule has 118 valence electrons. The van der Waals surface area contributed by atoms with Crippen molar-refractivity contribution in [2.24, 2.45) is 11.8 Å². The third kappa shape index (κ3) is 4.70. The van der Waals surface area contributed by atoms with Gasteiger partial charge in [-0.15, -0.1) is 0 Å². The molecule has 1 atom stereocenters. The fourth-order valence-electron chi connectivity index (χ4n) is 2.70. The van der Waals surface area contributed by atoms with Gasteiger partial charge in [0.15, 0.2) is 0 Å². The summed E-state index contributed by atoms with van der Waals surface area (Å²) in [5.74, 6) is 6.91. The van der Waals surface area contributed by atoms with Crippen LogP contribution in [0.15, 0.2) is 0 Å². The van der Waals surface area contributed by atoms with Crippen LogP contribution in [0.5, 0.6) is 6.01 Å². The molecule has 1 unspecified atom stereocenters. The van der Waals surface area contributed by atoms with E-state index in [1.54, 1.807) is 0 Å². The van der Waals surface area contributed by atoms with Gasteiger partial charge in [0.2, 0.25) is 11.9 Å². The molecule has 0 aromatic carbocycles. The number of nitrogens with zero attached hydrogens (tertiary/aromatic N) is 3. The molecule has 7 nitrogen and oxygen atoms in total. The SMILES string of the molecule is CCCOc1nc(NN)nc(NC(C)C2CCCCC2)n1. The van der Waals surface area contributed by atoms with Crippen LogP contribution in [0, 0.1) is 5.92 Å². The molecular weight excluding hydrogens is 268 g/mol. The number of anilines is 2. The summed E-state index contributed by atoms with van der Waals surface area (Å²) in [6, 6.07) is 0.635. The van der Waals surface area contributed by atoms with E-state index in [0.29, 0.717) is 36.5 Å². The number of nitrogens with one attached hydrogen (secondary N) is 2. The van der Waals surface area contributed by atoms with E-state index in [1.807, 2.05) is 6.92 Å². The zero-order chi connectivity index (χ0) is 15.1. The molecule has 1 saturated carbocycles. The predicted octanol–water partition coefficient (Wildman–Crippen LogP) is 2.33. The number of aromatic nitrogens is 3. The van der Waals surface area contributed by atoms with Crippen molar-refractivity contribution in [3.8, 4) is 6.01 Å². The lowest BCUT2D eigenvalue weighted by molar-refractivity contribution is 0.291. The van der Waals surface area contributed by atoms with E-state index in [2.05, 4.69) is 32.6 Å². The number of hydrogen-bond acceptors (Lipinski definition) is 7. The zero-order valence-electron chi connectivity index (χ0n) is 12.9. The summed E-state index contributed by atoms with van der Waals surface area (Å²) < 4.78 is 5.47. The Morgan fingerprint density at radius 3 is 2.57 bits per heavy atom. The Morgan fingerprint density at radius 1 is 1.19 bits per heavy atom. The second-order valence-corrected chi connectivity index (χ2v) is 5.59. The second-order valence-electron chi connectivity index (χ2n) is 5.59. The van der Waals surface area contributed by atoms with Crippen LogP contribution < -0.4 is 21.3 Å². The van der Waals surface area contributed by atoms with E-state index in [9.17, 15) is 0 Å². The van der Waals surface area contributed by atoms with Crippen molar-refractivity contribution in [2.75, 3.05) is 17.3 Å². The highest BCUT2D eigenvalue weighted by Crippen LogP contribution is 2.27. The second kappa shape index (κ2) is 7.97. The molecule has 0 radical (unpaired) electrons. The van der Waals surface area contributed by atoms with Gasteiger partial charge >= 0.3 is 6.01 Å². The fourth-order valence-corrected chi connectivity index (χ4v) is 2.70. The summed E-state index contributed by atoms with van der Waals surface area (Å²) in [6.45, 7) is 4.79. The van der Waals surface area contributed by atoms with Crippen molar-refractivity contribution < 1.29 is 4.74 Å². The summed E-state index contributed by atoms with van der Waals surface area (Å²) in [5, 5.41) is 3.37. The van der Waals surface area contributed by atoms with Crippen LogP contribution in [0.4, 0.5) is 11.9 Å². The minimum absolute atomic E-state index is 0.304. The lowest BCUT2D eigenvalue weighted by Crippen LogP contribution is -2.29. The quantitative estimate of drug-likeness (QED) is 0.524. The molecule has 0 spiro atoms. The van der Waals surface area contributed by atoms with Gasteiger partial charge in [-0.2, -0.15) is 15.0 Å². The first-order valence-corrected chi connectivity index (χ1v) is 7.85. The summed E-state index contributed by atoms with van der Waals surface area (Å²) >= 11 is 0. The standard InChI is InChI=1S/C14H26N6O/c1-3-9-21-14-18-12(17-13(19-14)20-15)16-10(2)11-7-5-4-6-8-11/h10-11H,3-9,15H2,1-2H3,(H2,16,17,18,19,20). The lowest BCUT2D eigenvalue weighted by Gasteiger charge is -2.28. The molecule has 1 heterocycles. The Balaban J connectivity index is 2.03. The van der Waals surface area contributed by atoms with Crippen LogP contribution in [0.1, 0.15) is 52.4 Å². The van der Waals surface area contributed by atoms with Crippen molar-refractivity contribution >= 4 is 11.9 Å². The topological polar surface area (TPSA) is 98.0 Å². The van der Waals surface area contributed by atoms with Crippen LogP contribution in [0.3, 0.4) is 0 Å². The molecule has 4 N–H and O–H groups in total. The normalized spacial score (nSPS) is 17.3. The maximum absolute atomic E-state index is 5.47. The van der Waals surface area contributed by atoms with E-state index in [0.717, 1.165) is 6.42 Å². The first kappa shape index (κ1) is 15.8. The highest BCUT2D eigenvalue weighted by atomic mass is 16.5. The number of nitrogen functional groups attached to an aromatic ring is 1. The third-order valence-electron chi connectivity index (χ3n) is 3.89. The number of nitrogens with two attached hydrogens (primary N) is 1. The molecule has 1 aliphatic carbocycles. The molecule has 0 aliphatic heterocycles. The van der Waals surface area contributed by atoms with Gasteiger partial charge in [-0.25, -0.2) is 5.84 Å². The van der Waals surface area contributed by atoms with E-state index in [1.165, 1.54) is 32.1 Å². The molecule has 7 heteroatoms. The Labute approximate surface area is 126 Å². The smallest absolute Gasteiger partial charge is 0.323 e. The van der Waals surface area contributed by atoms with Gasteiger partial charge in [-0.05, 0) is 32.1 Å². The average molecular weight is 294 g/mol. The van der Waals surface area contributed by atoms with Gasteiger partial charge in [0.05, 0.1) is 6.61 Å². The van der Waals surface area contributed by atoms with E-state index in [-0.39, 0.29) is 0 Å². The first-order valence-electron chi connectivity index (χ1n) is 7.85. The molecule has 1 fully saturated rings. The monoisotopic (exact) mass is 294 g/mol. The van der Waals surface area contributed by atoms with Gasteiger partial charge in [0.1, 0.15) is 0 Å². The first-order chi connectivity index (χ1) is 10.2. The minimum Gasteiger partial charge on any atom is -0.463 e. The van der Waals surface area contributed by atoms with E-state index < -0.39 is 0 Å². The van der Waals surface area contributed by atoms with Gasteiger partial charge < -0.3 is 10.1 Å². The van der Waals surface area contributed by atoms with Crippen molar-refractivity contribution in [3.63, 3.8) is 0 Å². The molecule has 1 aromatic heterocycles. The Hall–Kier alpha value is -1.63. The molecule has 2 rings (SSSR count). The molecule has 0 bridgehead atoms. The van der Waals surface area contributed by atoms with Crippen LogP contribution in [-0.2, 0) is 0 Å². The summed E-state index contributed by atoms with van der Waals surface area (Å²) in [7, 11) is 0. The number of rotatable bonds is 7. The van der Waals surface area contributed by atoms with E-state index in [4.69, 9.17) is 10.6 Å². The Bertz CT molecular complexity index is 435. The average Bonchev–Trinajstić information content (AvgIpc) is 2.53. The number of hydrogen-bond donors (Lipinski definition) is 3.